The fraction of sp³-hybridized carbons (Fsp3) is 0.500. The number of halogens is 2. The summed E-state index contributed by atoms with van der Waals surface area (Å²) in [5.41, 5.74) is 7.35. The van der Waals surface area contributed by atoms with Crippen molar-refractivity contribution >= 4 is 28.6 Å². The third-order valence-corrected chi connectivity index (χ3v) is 4.40. The zero-order valence-electron chi connectivity index (χ0n) is 11.3. The summed E-state index contributed by atoms with van der Waals surface area (Å²) in [4.78, 5) is 4.24. The van der Waals surface area contributed by atoms with Gasteiger partial charge in [0.25, 0.3) is 0 Å². The van der Waals surface area contributed by atoms with Crippen LogP contribution in [0.4, 0.5) is 10.3 Å². The maximum atomic E-state index is 13.5. The number of nitrogens with two attached hydrogens (primary N) is 1. The van der Waals surface area contributed by atoms with Crippen LogP contribution >= 0.6 is 11.6 Å². The lowest BCUT2D eigenvalue weighted by molar-refractivity contribution is 0.0521. The molecule has 108 valence electrons. The Bertz CT molecular complexity index is 637. The number of fused-ring (bicyclic) bond motifs is 1. The van der Waals surface area contributed by atoms with E-state index in [1.165, 1.54) is 6.07 Å². The average molecular weight is 298 g/mol. The molecule has 2 N–H and O–H groups in total. The Morgan fingerprint density at radius 2 is 2.15 bits per heavy atom. The largest absolute Gasteiger partial charge is 0.381 e. The van der Waals surface area contributed by atoms with Crippen molar-refractivity contribution in [3.8, 4) is 0 Å². The van der Waals surface area contributed by atoms with Crippen LogP contribution in [-0.2, 0) is 4.74 Å². The normalized spacial score (nSPS) is 18.6. The smallest absolute Gasteiger partial charge is 0.201 e. The molecule has 1 aromatic carbocycles. The number of hydrogen-bond acceptors (Lipinski definition) is 3. The van der Waals surface area contributed by atoms with Crippen molar-refractivity contribution in [1.82, 2.24) is 9.55 Å². The first-order chi connectivity index (χ1) is 9.58. The van der Waals surface area contributed by atoms with Crippen LogP contribution in [0.3, 0.4) is 0 Å². The zero-order chi connectivity index (χ0) is 14.3. The minimum absolute atomic E-state index is 0.0952. The van der Waals surface area contributed by atoms with Gasteiger partial charge in [-0.05, 0) is 31.7 Å². The van der Waals surface area contributed by atoms with Gasteiger partial charge in [-0.15, -0.1) is 0 Å². The molecule has 1 fully saturated rings. The van der Waals surface area contributed by atoms with Gasteiger partial charge in [-0.3, -0.25) is 0 Å². The van der Waals surface area contributed by atoms with Crippen molar-refractivity contribution in [3.63, 3.8) is 0 Å². The topological polar surface area (TPSA) is 53.1 Å². The van der Waals surface area contributed by atoms with Gasteiger partial charge in [0.2, 0.25) is 5.95 Å². The van der Waals surface area contributed by atoms with Crippen molar-refractivity contribution in [3.05, 3.63) is 23.0 Å². The fourth-order valence-corrected chi connectivity index (χ4v) is 3.10. The van der Waals surface area contributed by atoms with Gasteiger partial charge in [0.05, 0.1) is 16.1 Å². The summed E-state index contributed by atoms with van der Waals surface area (Å²) in [6, 6.07) is 3.12. The van der Waals surface area contributed by atoms with E-state index >= 15 is 0 Å². The average Bonchev–Trinajstić information content (AvgIpc) is 2.75. The maximum Gasteiger partial charge on any atom is 0.201 e. The molecule has 0 amide bonds. The molecule has 0 saturated carbocycles. The lowest BCUT2D eigenvalue weighted by Crippen LogP contribution is -2.24. The van der Waals surface area contributed by atoms with Crippen LogP contribution in [0.2, 0.25) is 5.02 Å². The quantitative estimate of drug-likeness (QED) is 0.924. The molecule has 20 heavy (non-hydrogen) atoms. The van der Waals surface area contributed by atoms with E-state index in [1.54, 1.807) is 6.07 Å². The van der Waals surface area contributed by atoms with Crippen LogP contribution in [0, 0.1) is 11.7 Å². The third kappa shape index (κ3) is 2.25. The highest BCUT2D eigenvalue weighted by Gasteiger charge is 2.25. The summed E-state index contributed by atoms with van der Waals surface area (Å²) in [5, 5.41) is 0.0952. The van der Waals surface area contributed by atoms with Crippen molar-refractivity contribution in [1.29, 1.82) is 0 Å². The van der Waals surface area contributed by atoms with Gasteiger partial charge >= 0.3 is 0 Å². The van der Waals surface area contributed by atoms with E-state index in [9.17, 15) is 4.39 Å². The Hall–Kier alpha value is -1.33. The molecule has 1 aliphatic rings. The molecule has 1 saturated heterocycles. The van der Waals surface area contributed by atoms with Gasteiger partial charge in [0.15, 0.2) is 0 Å². The standard InChI is InChI=1S/C14H17ClFN3O/c1-8(9-2-4-20-5-3-9)19-13-6-10(15)11(16)7-12(13)18-14(19)17/h6-9H,2-5H2,1H3,(H2,17,18). The second kappa shape index (κ2) is 5.22. The molecular formula is C14H17ClFN3O. The van der Waals surface area contributed by atoms with Crippen LogP contribution in [0.15, 0.2) is 12.1 Å². The molecule has 3 rings (SSSR count). The minimum atomic E-state index is -0.470. The van der Waals surface area contributed by atoms with Crippen LogP contribution in [-0.4, -0.2) is 22.8 Å². The number of rotatable bonds is 2. The van der Waals surface area contributed by atoms with Gasteiger partial charge in [-0.2, -0.15) is 0 Å². The van der Waals surface area contributed by atoms with Crippen molar-refractivity contribution in [2.75, 3.05) is 18.9 Å². The monoisotopic (exact) mass is 297 g/mol. The number of anilines is 1. The number of benzene rings is 1. The first-order valence-corrected chi connectivity index (χ1v) is 7.16. The van der Waals surface area contributed by atoms with E-state index < -0.39 is 5.82 Å². The molecule has 1 aromatic heterocycles. The molecule has 4 nitrogen and oxygen atoms in total. The van der Waals surface area contributed by atoms with Gasteiger partial charge in [-0.1, -0.05) is 11.6 Å². The van der Waals surface area contributed by atoms with Crippen molar-refractivity contribution in [2.24, 2.45) is 5.92 Å². The fourth-order valence-electron chi connectivity index (χ4n) is 2.95. The Morgan fingerprint density at radius 3 is 2.85 bits per heavy atom. The maximum absolute atomic E-state index is 13.5. The number of imidazole rings is 1. The highest BCUT2D eigenvalue weighted by atomic mass is 35.5. The molecular weight excluding hydrogens is 281 g/mol. The van der Waals surface area contributed by atoms with Crippen LogP contribution in [0.25, 0.3) is 11.0 Å². The highest BCUT2D eigenvalue weighted by molar-refractivity contribution is 6.31. The molecule has 1 aliphatic heterocycles. The lowest BCUT2D eigenvalue weighted by atomic mass is 9.92. The first-order valence-electron chi connectivity index (χ1n) is 6.78. The summed E-state index contributed by atoms with van der Waals surface area (Å²) in [5.74, 6) is 0.412. The minimum Gasteiger partial charge on any atom is -0.381 e. The summed E-state index contributed by atoms with van der Waals surface area (Å²) in [6.07, 6.45) is 1.99. The van der Waals surface area contributed by atoms with Crippen LogP contribution < -0.4 is 5.73 Å². The summed E-state index contributed by atoms with van der Waals surface area (Å²) >= 11 is 5.88. The molecule has 0 bridgehead atoms. The van der Waals surface area contributed by atoms with Crippen molar-refractivity contribution in [2.45, 2.75) is 25.8 Å². The van der Waals surface area contributed by atoms with Gasteiger partial charge in [0.1, 0.15) is 5.82 Å². The van der Waals surface area contributed by atoms with Crippen LogP contribution in [0.5, 0.6) is 0 Å². The predicted molar refractivity (Wildman–Crippen MR) is 77.4 cm³/mol. The summed E-state index contributed by atoms with van der Waals surface area (Å²) in [7, 11) is 0. The van der Waals surface area contributed by atoms with E-state index in [4.69, 9.17) is 22.1 Å². The van der Waals surface area contributed by atoms with E-state index in [-0.39, 0.29) is 11.1 Å². The Balaban J connectivity index is 2.05. The second-order valence-electron chi connectivity index (χ2n) is 5.29. The van der Waals surface area contributed by atoms with E-state index in [0.717, 1.165) is 31.6 Å². The molecule has 0 aliphatic carbocycles. The van der Waals surface area contributed by atoms with E-state index in [2.05, 4.69) is 11.9 Å². The number of aromatic nitrogens is 2. The molecule has 1 atom stereocenters. The molecule has 2 heterocycles. The van der Waals surface area contributed by atoms with Crippen molar-refractivity contribution < 1.29 is 9.13 Å². The van der Waals surface area contributed by atoms with Crippen LogP contribution in [0.1, 0.15) is 25.8 Å². The van der Waals surface area contributed by atoms with Gasteiger partial charge < -0.3 is 15.0 Å². The highest BCUT2D eigenvalue weighted by Crippen LogP contribution is 2.34. The predicted octanol–water partition coefficient (Wildman–Crippen LogP) is 3.40. The number of nitrogens with zero attached hydrogens (tertiary/aromatic N) is 2. The van der Waals surface area contributed by atoms with E-state index in [1.807, 2.05) is 4.57 Å². The van der Waals surface area contributed by atoms with Gasteiger partial charge in [-0.25, -0.2) is 9.37 Å². The molecule has 6 heteroatoms. The molecule has 0 spiro atoms. The SMILES string of the molecule is CC(C1CCOCC1)n1c(N)nc2cc(F)c(Cl)cc21. The Kier molecular flexibility index (Phi) is 3.56. The molecule has 1 unspecified atom stereocenters. The number of nitrogen functional groups attached to an aromatic ring is 1. The number of ether oxygens (including phenoxy) is 1. The van der Waals surface area contributed by atoms with E-state index in [0.29, 0.717) is 17.4 Å². The first kappa shape index (κ1) is 13.6. The lowest BCUT2D eigenvalue weighted by Gasteiger charge is -2.29. The van der Waals surface area contributed by atoms with Gasteiger partial charge in [0, 0.05) is 25.3 Å². The number of hydrogen-bond donors (Lipinski definition) is 1. The summed E-state index contributed by atoms with van der Waals surface area (Å²) < 4.78 is 20.9. The Labute approximate surface area is 121 Å². The molecule has 2 aromatic rings. The third-order valence-electron chi connectivity index (χ3n) is 4.11. The molecule has 0 radical (unpaired) electrons. The zero-order valence-corrected chi connectivity index (χ0v) is 12.0. The summed E-state index contributed by atoms with van der Waals surface area (Å²) in [6.45, 7) is 3.67. The second-order valence-corrected chi connectivity index (χ2v) is 5.69. The Morgan fingerprint density at radius 1 is 1.45 bits per heavy atom.